The zero-order valence-electron chi connectivity index (χ0n) is 17.9. The maximum atomic E-state index is 12.6. The van der Waals surface area contributed by atoms with Crippen LogP contribution in [0.5, 0.6) is 0 Å². The van der Waals surface area contributed by atoms with Gasteiger partial charge in [0.15, 0.2) is 5.76 Å². The van der Waals surface area contributed by atoms with Crippen molar-refractivity contribution in [2.75, 3.05) is 45.8 Å². The van der Waals surface area contributed by atoms with Gasteiger partial charge >= 0.3 is 6.03 Å². The van der Waals surface area contributed by atoms with Crippen LogP contribution in [-0.4, -0.2) is 89.4 Å². The molecule has 1 aromatic rings. The van der Waals surface area contributed by atoms with E-state index < -0.39 is 0 Å². The minimum Gasteiger partial charge on any atom is -0.373 e. The van der Waals surface area contributed by atoms with E-state index in [-0.39, 0.29) is 23.8 Å². The maximum Gasteiger partial charge on any atom is 0.317 e. The molecule has 0 saturated carbocycles. The third kappa shape index (κ3) is 5.46. The van der Waals surface area contributed by atoms with Gasteiger partial charge in [-0.3, -0.25) is 9.80 Å². The summed E-state index contributed by atoms with van der Waals surface area (Å²) in [5.41, 5.74) is 0.799. The van der Waals surface area contributed by atoms with E-state index >= 15 is 0 Å². The topological polar surface area (TPSA) is 74.1 Å². The summed E-state index contributed by atoms with van der Waals surface area (Å²) in [4.78, 5) is 19.3. The van der Waals surface area contributed by atoms with Crippen LogP contribution in [0.2, 0.25) is 0 Å². The Morgan fingerprint density at radius 2 is 1.86 bits per heavy atom. The molecule has 2 saturated heterocycles. The Kier molecular flexibility index (Phi) is 6.62. The highest BCUT2D eigenvalue weighted by atomic mass is 16.5. The second kappa shape index (κ2) is 8.80. The van der Waals surface area contributed by atoms with Gasteiger partial charge in [-0.2, -0.15) is 0 Å². The zero-order valence-corrected chi connectivity index (χ0v) is 17.9. The number of aryl methyl sites for hydroxylation is 1. The monoisotopic (exact) mass is 393 g/mol. The summed E-state index contributed by atoms with van der Waals surface area (Å²) in [5.74, 6) is 0.881. The van der Waals surface area contributed by atoms with E-state index in [2.05, 4.69) is 48.0 Å². The fraction of sp³-hybridized carbons (Fsp3) is 0.800. The third-order valence-corrected chi connectivity index (χ3v) is 5.66. The number of urea groups is 1. The number of morpholine rings is 1. The van der Waals surface area contributed by atoms with E-state index in [0.29, 0.717) is 6.54 Å². The summed E-state index contributed by atoms with van der Waals surface area (Å²) < 4.78 is 11.1. The molecule has 3 rings (SSSR count). The molecule has 0 spiro atoms. The van der Waals surface area contributed by atoms with Crippen LogP contribution in [-0.2, 0) is 11.3 Å². The minimum atomic E-state index is -0.103. The van der Waals surface area contributed by atoms with Crippen molar-refractivity contribution in [1.29, 1.82) is 0 Å². The normalized spacial score (nSPS) is 25.1. The molecule has 2 atom stereocenters. The van der Waals surface area contributed by atoms with Crippen molar-refractivity contribution < 1.29 is 14.1 Å². The molecule has 0 radical (unpaired) electrons. The molecule has 8 heteroatoms. The van der Waals surface area contributed by atoms with Gasteiger partial charge in [-0.15, -0.1) is 0 Å². The first-order valence-corrected chi connectivity index (χ1v) is 10.3. The first kappa shape index (κ1) is 21.1. The molecular weight excluding hydrogens is 358 g/mol. The number of rotatable bonds is 5. The Balaban J connectivity index is 1.42. The first-order valence-electron chi connectivity index (χ1n) is 10.3. The van der Waals surface area contributed by atoms with Crippen molar-refractivity contribution in [3.63, 3.8) is 0 Å². The lowest BCUT2D eigenvalue weighted by atomic mass is 10.00. The van der Waals surface area contributed by atoms with Gasteiger partial charge < -0.3 is 19.5 Å². The van der Waals surface area contributed by atoms with Crippen molar-refractivity contribution in [3.05, 3.63) is 17.5 Å². The summed E-state index contributed by atoms with van der Waals surface area (Å²) in [5, 5.41) is 7.08. The number of amides is 2. The quantitative estimate of drug-likeness (QED) is 0.821. The Morgan fingerprint density at radius 3 is 2.43 bits per heavy atom. The van der Waals surface area contributed by atoms with Gasteiger partial charge in [0.1, 0.15) is 0 Å². The molecular formula is C20H35N5O3. The second-order valence-corrected chi connectivity index (χ2v) is 8.83. The number of hydrogen-bond donors (Lipinski definition) is 1. The van der Waals surface area contributed by atoms with Crippen molar-refractivity contribution in [3.8, 4) is 0 Å². The molecule has 0 aliphatic carbocycles. The molecule has 1 aromatic heterocycles. The molecule has 0 aromatic carbocycles. The van der Waals surface area contributed by atoms with Crippen molar-refractivity contribution in [1.82, 2.24) is 25.2 Å². The first-order chi connectivity index (χ1) is 13.2. The highest BCUT2D eigenvalue weighted by Gasteiger charge is 2.34. The van der Waals surface area contributed by atoms with E-state index in [1.54, 1.807) is 0 Å². The van der Waals surface area contributed by atoms with E-state index in [1.165, 1.54) is 0 Å². The van der Waals surface area contributed by atoms with Crippen molar-refractivity contribution >= 4 is 6.03 Å². The smallest absolute Gasteiger partial charge is 0.317 e. The number of aromatic nitrogens is 1. The molecule has 0 bridgehead atoms. The molecule has 3 heterocycles. The van der Waals surface area contributed by atoms with Gasteiger partial charge in [-0.1, -0.05) is 5.16 Å². The molecule has 28 heavy (non-hydrogen) atoms. The predicted octanol–water partition coefficient (Wildman–Crippen LogP) is 1.70. The fourth-order valence-electron chi connectivity index (χ4n) is 4.01. The Hall–Kier alpha value is -1.64. The SMILES string of the molecule is Cc1cc(CN2CCN(C(=O)NCC(C)(C)N3CC(C)OC(C)C3)CC2)on1. The lowest BCUT2D eigenvalue weighted by Gasteiger charge is -2.45. The van der Waals surface area contributed by atoms with Crippen LogP contribution in [0.3, 0.4) is 0 Å². The fourth-order valence-corrected chi connectivity index (χ4v) is 4.01. The number of carbonyl (C=O) groups is 1. The predicted molar refractivity (Wildman–Crippen MR) is 107 cm³/mol. The van der Waals surface area contributed by atoms with Gasteiger partial charge in [0, 0.05) is 57.4 Å². The van der Waals surface area contributed by atoms with Gasteiger partial charge in [0.25, 0.3) is 0 Å². The average Bonchev–Trinajstić information content (AvgIpc) is 3.04. The number of carbonyl (C=O) groups excluding carboxylic acids is 1. The van der Waals surface area contributed by atoms with Crippen LogP contribution in [0, 0.1) is 6.92 Å². The molecule has 2 fully saturated rings. The standard InChI is InChI=1S/C20H35N5O3/c1-15-10-18(28-22-15)13-23-6-8-24(9-7-23)19(26)21-14-20(4,5)25-11-16(2)27-17(3)12-25/h10,16-17H,6-9,11-14H2,1-5H3,(H,21,26). The Labute approximate surface area is 168 Å². The zero-order chi connectivity index (χ0) is 20.3. The largest absolute Gasteiger partial charge is 0.373 e. The Morgan fingerprint density at radius 1 is 1.21 bits per heavy atom. The van der Waals surface area contributed by atoms with Crippen LogP contribution in [0.15, 0.2) is 10.6 Å². The molecule has 1 N–H and O–H groups in total. The van der Waals surface area contributed by atoms with Crippen molar-refractivity contribution in [2.45, 2.75) is 58.9 Å². The van der Waals surface area contributed by atoms with Gasteiger partial charge in [-0.05, 0) is 34.6 Å². The van der Waals surface area contributed by atoms with E-state index in [1.807, 2.05) is 17.9 Å². The average molecular weight is 394 g/mol. The van der Waals surface area contributed by atoms with Crippen molar-refractivity contribution in [2.24, 2.45) is 0 Å². The molecule has 158 valence electrons. The van der Waals surface area contributed by atoms with E-state index in [9.17, 15) is 4.79 Å². The molecule has 8 nitrogen and oxygen atoms in total. The number of ether oxygens (including phenoxy) is 1. The van der Waals surface area contributed by atoms with Crippen LogP contribution in [0.25, 0.3) is 0 Å². The van der Waals surface area contributed by atoms with Crippen LogP contribution < -0.4 is 5.32 Å². The second-order valence-electron chi connectivity index (χ2n) is 8.83. The lowest BCUT2D eigenvalue weighted by molar-refractivity contribution is -0.0948. The minimum absolute atomic E-state index is 0.0255. The number of piperazine rings is 1. The summed E-state index contributed by atoms with van der Waals surface area (Å²) in [7, 11) is 0. The van der Waals surface area contributed by atoms with Gasteiger partial charge in [0.05, 0.1) is 24.4 Å². The summed E-state index contributed by atoms with van der Waals surface area (Å²) in [6, 6.07) is 1.99. The number of hydrogen-bond acceptors (Lipinski definition) is 6. The molecule has 2 aliphatic rings. The summed E-state index contributed by atoms with van der Waals surface area (Å²) >= 11 is 0. The molecule has 2 unspecified atom stereocenters. The van der Waals surface area contributed by atoms with E-state index in [0.717, 1.165) is 57.3 Å². The van der Waals surface area contributed by atoms with Crippen LogP contribution in [0.4, 0.5) is 4.79 Å². The molecule has 2 aliphatic heterocycles. The Bertz CT molecular complexity index is 644. The van der Waals surface area contributed by atoms with Gasteiger partial charge in [-0.25, -0.2) is 4.79 Å². The highest BCUT2D eigenvalue weighted by molar-refractivity contribution is 5.74. The van der Waals surface area contributed by atoms with Crippen LogP contribution >= 0.6 is 0 Å². The molecule has 2 amide bonds. The van der Waals surface area contributed by atoms with Crippen LogP contribution in [0.1, 0.15) is 39.1 Å². The van der Waals surface area contributed by atoms with Gasteiger partial charge in [0.2, 0.25) is 0 Å². The van der Waals surface area contributed by atoms with E-state index in [4.69, 9.17) is 9.26 Å². The number of nitrogens with one attached hydrogen (secondary N) is 1. The third-order valence-electron chi connectivity index (χ3n) is 5.66. The summed E-state index contributed by atoms with van der Waals surface area (Å²) in [6.45, 7) is 16.8. The lowest BCUT2D eigenvalue weighted by Crippen LogP contribution is -2.60. The highest BCUT2D eigenvalue weighted by Crippen LogP contribution is 2.21. The summed E-state index contributed by atoms with van der Waals surface area (Å²) in [6.07, 6.45) is 0.444. The maximum absolute atomic E-state index is 12.6. The number of nitrogens with zero attached hydrogens (tertiary/aromatic N) is 4.